The van der Waals surface area contributed by atoms with E-state index in [2.05, 4.69) is 10.4 Å². The maximum Gasteiger partial charge on any atom is 0.410 e. The summed E-state index contributed by atoms with van der Waals surface area (Å²) in [6, 6.07) is 6.00. The van der Waals surface area contributed by atoms with Gasteiger partial charge in [-0.15, -0.1) is 0 Å². The number of alkyl halides is 3. The first-order chi connectivity index (χ1) is 14.3. The maximum absolute atomic E-state index is 13.9. The van der Waals surface area contributed by atoms with Crippen molar-refractivity contribution in [1.82, 2.24) is 14.7 Å². The number of amides is 1. The van der Waals surface area contributed by atoms with Crippen molar-refractivity contribution in [3.8, 4) is 5.75 Å². The van der Waals surface area contributed by atoms with Gasteiger partial charge < -0.3 is 19.9 Å². The molecule has 1 saturated heterocycles. The molecule has 2 aromatic rings. The van der Waals surface area contributed by atoms with E-state index in [1.807, 2.05) is 7.05 Å². The molecular weight excluding hydrogens is 399 g/mol. The van der Waals surface area contributed by atoms with E-state index in [0.717, 1.165) is 17.8 Å². The Labute approximate surface area is 172 Å². The number of quaternary nitrogens is 1. The van der Waals surface area contributed by atoms with E-state index in [9.17, 15) is 18.0 Å². The van der Waals surface area contributed by atoms with Crippen LogP contribution in [0.25, 0.3) is 0 Å². The first-order valence-corrected chi connectivity index (χ1v) is 9.93. The summed E-state index contributed by atoms with van der Waals surface area (Å²) >= 11 is 0. The van der Waals surface area contributed by atoms with E-state index >= 15 is 0 Å². The van der Waals surface area contributed by atoms with Gasteiger partial charge in [-0.2, -0.15) is 18.3 Å². The van der Waals surface area contributed by atoms with Crippen molar-refractivity contribution >= 4 is 11.7 Å². The summed E-state index contributed by atoms with van der Waals surface area (Å²) in [6.07, 6.45) is -4.71. The summed E-state index contributed by atoms with van der Waals surface area (Å²) < 4.78 is 47.7. The number of hydrogen-bond acceptors (Lipinski definition) is 4. The van der Waals surface area contributed by atoms with Gasteiger partial charge in [0.2, 0.25) is 0 Å². The van der Waals surface area contributed by atoms with Crippen LogP contribution in [0.5, 0.6) is 5.75 Å². The van der Waals surface area contributed by atoms with Gasteiger partial charge in [0.25, 0.3) is 5.91 Å². The molecule has 4 rings (SSSR count). The Morgan fingerprint density at radius 2 is 2.00 bits per heavy atom. The largest absolute Gasteiger partial charge is 0.497 e. The van der Waals surface area contributed by atoms with Crippen molar-refractivity contribution in [1.29, 1.82) is 0 Å². The third kappa shape index (κ3) is 3.96. The predicted octanol–water partition coefficient (Wildman–Crippen LogP) is 1.52. The number of piperazine rings is 1. The molecule has 1 fully saturated rings. The number of carbonyl (C=O) groups is 1. The number of anilines is 1. The number of likely N-dealkylation sites (N-methyl/N-ethyl adjacent to an activating group) is 1. The van der Waals surface area contributed by atoms with Gasteiger partial charge in [0.05, 0.1) is 46.4 Å². The van der Waals surface area contributed by atoms with E-state index in [1.54, 1.807) is 29.2 Å². The van der Waals surface area contributed by atoms with Crippen molar-refractivity contribution in [3.63, 3.8) is 0 Å². The molecule has 0 unspecified atom stereocenters. The summed E-state index contributed by atoms with van der Waals surface area (Å²) in [6.45, 7) is 2.74. The van der Waals surface area contributed by atoms with Gasteiger partial charge in [-0.3, -0.25) is 4.79 Å². The molecule has 1 aromatic carbocycles. The van der Waals surface area contributed by atoms with E-state index in [-0.39, 0.29) is 23.8 Å². The van der Waals surface area contributed by atoms with Crippen molar-refractivity contribution in [2.75, 3.05) is 45.7 Å². The van der Waals surface area contributed by atoms with Crippen molar-refractivity contribution < 1.29 is 27.6 Å². The summed E-state index contributed by atoms with van der Waals surface area (Å²) in [7, 11) is 3.56. The topological polar surface area (TPSA) is 63.8 Å². The van der Waals surface area contributed by atoms with Crippen molar-refractivity contribution in [2.45, 2.75) is 24.7 Å². The number of nitrogens with zero attached hydrogens (tertiary/aromatic N) is 3. The summed E-state index contributed by atoms with van der Waals surface area (Å²) in [4.78, 5) is 15.8. The number of ether oxygens (including phenoxy) is 1. The third-order valence-corrected chi connectivity index (χ3v) is 5.81. The molecule has 0 bridgehead atoms. The molecule has 1 aromatic heterocycles. The lowest BCUT2D eigenvalue weighted by Gasteiger charge is -2.33. The van der Waals surface area contributed by atoms with Crippen LogP contribution in [0.3, 0.4) is 0 Å². The second-order valence-corrected chi connectivity index (χ2v) is 7.88. The lowest BCUT2D eigenvalue weighted by Crippen LogP contribution is -3.12. The number of aromatic nitrogens is 2. The molecule has 2 atom stereocenters. The molecular formula is C20H25F3N5O2+. The summed E-state index contributed by atoms with van der Waals surface area (Å²) in [5.41, 5.74) is 0.726. The van der Waals surface area contributed by atoms with Gasteiger partial charge in [-0.05, 0) is 17.7 Å². The van der Waals surface area contributed by atoms with Gasteiger partial charge >= 0.3 is 6.18 Å². The molecule has 0 radical (unpaired) electrons. The number of halogens is 3. The maximum atomic E-state index is 13.9. The fourth-order valence-corrected chi connectivity index (χ4v) is 4.01. The standard InChI is InChI=1S/C20H24F3N5O2/c1-26-6-8-27(9-7-26)19(29)16-12-18-24-15(13-4-3-5-14(10-13)30-2)11-17(20(21,22)23)28(18)25-16/h3-5,10,12,15,17,24H,6-9,11H2,1-2H3/p+1/t15-,17+/m1/s1. The second-order valence-electron chi connectivity index (χ2n) is 7.88. The third-order valence-electron chi connectivity index (χ3n) is 5.81. The van der Waals surface area contributed by atoms with Crippen LogP contribution in [-0.4, -0.2) is 67.1 Å². The lowest BCUT2D eigenvalue weighted by atomic mass is 9.97. The Morgan fingerprint density at radius 3 is 2.67 bits per heavy atom. The number of benzene rings is 1. The van der Waals surface area contributed by atoms with E-state index in [1.165, 1.54) is 18.1 Å². The van der Waals surface area contributed by atoms with Crippen LogP contribution < -0.4 is 15.0 Å². The SMILES string of the molecule is COc1cccc([C@H]2C[C@@H](C(F)(F)F)n3nc(C(=O)N4CC[NH+](C)CC4)cc3N2)c1. The minimum absolute atomic E-state index is 0.0394. The molecule has 3 heterocycles. The monoisotopic (exact) mass is 424 g/mol. The molecule has 162 valence electrons. The highest BCUT2D eigenvalue weighted by Crippen LogP contribution is 2.44. The van der Waals surface area contributed by atoms with E-state index in [4.69, 9.17) is 4.74 Å². The molecule has 2 aliphatic heterocycles. The molecule has 0 saturated carbocycles. The number of carbonyl (C=O) groups excluding carboxylic acids is 1. The average Bonchev–Trinajstić information content (AvgIpc) is 3.16. The van der Waals surface area contributed by atoms with Crippen LogP contribution in [0.4, 0.5) is 19.0 Å². The van der Waals surface area contributed by atoms with Gasteiger partial charge in [-0.1, -0.05) is 12.1 Å². The minimum Gasteiger partial charge on any atom is -0.497 e. The van der Waals surface area contributed by atoms with Gasteiger partial charge in [-0.25, -0.2) is 4.68 Å². The van der Waals surface area contributed by atoms with Crippen LogP contribution >= 0.6 is 0 Å². The highest BCUT2D eigenvalue weighted by Gasteiger charge is 2.47. The van der Waals surface area contributed by atoms with E-state index < -0.39 is 18.3 Å². The highest BCUT2D eigenvalue weighted by molar-refractivity contribution is 5.93. The molecule has 30 heavy (non-hydrogen) atoms. The van der Waals surface area contributed by atoms with Crippen molar-refractivity contribution in [2.24, 2.45) is 0 Å². The van der Waals surface area contributed by atoms with Gasteiger partial charge in [0.15, 0.2) is 11.7 Å². The van der Waals surface area contributed by atoms with Crippen LogP contribution in [-0.2, 0) is 0 Å². The Hall–Kier alpha value is -2.75. The van der Waals surface area contributed by atoms with Crippen LogP contribution in [0.15, 0.2) is 30.3 Å². The van der Waals surface area contributed by atoms with Crippen LogP contribution in [0, 0.1) is 0 Å². The zero-order valence-corrected chi connectivity index (χ0v) is 16.9. The Morgan fingerprint density at radius 1 is 1.27 bits per heavy atom. The molecule has 0 spiro atoms. The molecule has 2 N–H and O–H groups in total. The fraction of sp³-hybridized carbons (Fsp3) is 0.500. The Bertz CT molecular complexity index is 921. The lowest BCUT2D eigenvalue weighted by molar-refractivity contribution is -0.883. The normalized spacial score (nSPS) is 22.4. The summed E-state index contributed by atoms with van der Waals surface area (Å²) in [5.74, 6) is 0.439. The van der Waals surface area contributed by atoms with Gasteiger partial charge in [0.1, 0.15) is 11.6 Å². The molecule has 7 nitrogen and oxygen atoms in total. The minimum atomic E-state index is -4.49. The molecule has 0 aliphatic carbocycles. The Kier molecular flexibility index (Phi) is 5.35. The highest BCUT2D eigenvalue weighted by atomic mass is 19.4. The van der Waals surface area contributed by atoms with E-state index in [0.29, 0.717) is 24.4 Å². The number of methoxy groups -OCH3 is 1. The number of fused-ring (bicyclic) bond motifs is 1. The predicted molar refractivity (Wildman–Crippen MR) is 104 cm³/mol. The van der Waals surface area contributed by atoms with Crippen LogP contribution in [0.1, 0.15) is 34.6 Å². The summed E-state index contributed by atoms with van der Waals surface area (Å²) in [5, 5.41) is 7.19. The van der Waals surface area contributed by atoms with Gasteiger partial charge in [0, 0.05) is 12.5 Å². The molecule has 2 aliphatic rings. The van der Waals surface area contributed by atoms with Crippen molar-refractivity contribution in [3.05, 3.63) is 41.6 Å². The zero-order valence-electron chi connectivity index (χ0n) is 16.9. The first-order valence-electron chi connectivity index (χ1n) is 9.93. The Balaban J connectivity index is 1.64. The zero-order chi connectivity index (χ0) is 21.5. The first kappa shape index (κ1) is 20.5. The molecule has 10 heteroatoms. The fourth-order valence-electron chi connectivity index (χ4n) is 4.01. The second kappa shape index (κ2) is 7.82. The quantitative estimate of drug-likeness (QED) is 0.785. The molecule has 1 amide bonds. The average molecular weight is 424 g/mol. The van der Waals surface area contributed by atoms with Crippen LogP contribution in [0.2, 0.25) is 0 Å². The smallest absolute Gasteiger partial charge is 0.410 e. The number of rotatable bonds is 3. The number of hydrogen-bond donors (Lipinski definition) is 2. The number of nitrogens with one attached hydrogen (secondary N) is 2.